The summed E-state index contributed by atoms with van der Waals surface area (Å²) in [5, 5.41) is 7.90. The minimum Gasteiger partial charge on any atom is -0.315 e. The van der Waals surface area contributed by atoms with Crippen molar-refractivity contribution in [3.63, 3.8) is 0 Å². The first-order chi connectivity index (χ1) is 7.74. The maximum Gasteiger partial charge on any atom is 0.0596 e. The highest BCUT2D eigenvalue weighted by atomic mass is 15.3. The number of hydrogen-bond donors (Lipinski definition) is 1. The predicted molar refractivity (Wildman–Crippen MR) is 68.7 cm³/mol. The fraction of sp³-hybridized carbons (Fsp3) is 0.769. The highest BCUT2D eigenvalue weighted by Gasteiger charge is 1.99. The molecular formula is C13H25N3. The molecule has 0 fully saturated rings. The SMILES string of the molecule is CCCCCCNCCn1nc(C)cc1C. The van der Waals surface area contributed by atoms with Gasteiger partial charge in [-0.3, -0.25) is 4.68 Å². The summed E-state index contributed by atoms with van der Waals surface area (Å²) < 4.78 is 2.08. The van der Waals surface area contributed by atoms with E-state index in [1.807, 2.05) is 6.92 Å². The summed E-state index contributed by atoms with van der Waals surface area (Å²) in [6.45, 7) is 9.54. The number of unbranched alkanes of at least 4 members (excludes halogenated alkanes) is 3. The van der Waals surface area contributed by atoms with Crippen LogP contribution in [0.15, 0.2) is 6.07 Å². The first kappa shape index (κ1) is 13.2. The second-order valence-electron chi connectivity index (χ2n) is 4.46. The molecule has 1 aromatic heterocycles. The van der Waals surface area contributed by atoms with Crippen molar-refractivity contribution in [1.29, 1.82) is 0 Å². The van der Waals surface area contributed by atoms with Crippen LogP contribution in [0.4, 0.5) is 0 Å². The zero-order valence-electron chi connectivity index (χ0n) is 10.9. The molecule has 0 spiro atoms. The lowest BCUT2D eigenvalue weighted by Gasteiger charge is -2.06. The van der Waals surface area contributed by atoms with Gasteiger partial charge in [-0.25, -0.2) is 0 Å². The second kappa shape index (κ2) is 7.44. The monoisotopic (exact) mass is 223 g/mol. The Hall–Kier alpha value is -0.830. The fourth-order valence-electron chi connectivity index (χ4n) is 1.89. The van der Waals surface area contributed by atoms with E-state index in [0.717, 1.165) is 25.3 Å². The maximum absolute atomic E-state index is 4.43. The van der Waals surface area contributed by atoms with Gasteiger partial charge in [-0.1, -0.05) is 26.2 Å². The molecule has 0 unspecified atom stereocenters. The van der Waals surface area contributed by atoms with E-state index in [1.165, 1.54) is 31.4 Å². The van der Waals surface area contributed by atoms with Crippen molar-refractivity contribution in [2.45, 2.75) is 53.0 Å². The first-order valence-electron chi connectivity index (χ1n) is 6.46. The molecule has 0 radical (unpaired) electrons. The lowest BCUT2D eigenvalue weighted by molar-refractivity contribution is 0.526. The molecule has 92 valence electrons. The van der Waals surface area contributed by atoms with Crippen molar-refractivity contribution in [3.8, 4) is 0 Å². The molecule has 3 heteroatoms. The molecule has 0 bridgehead atoms. The number of nitrogens with zero attached hydrogens (tertiary/aromatic N) is 2. The van der Waals surface area contributed by atoms with Gasteiger partial charge in [-0.2, -0.15) is 5.10 Å². The maximum atomic E-state index is 4.43. The van der Waals surface area contributed by atoms with Crippen LogP contribution in [0.3, 0.4) is 0 Å². The quantitative estimate of drug-likeness (QED) is 0.687. The molecule has 0 saturated heterocycles. The van der Waals surface area contributed by atoms with Crippen molar-refractivity contribution in [1.82, 2.24) is 15.1 Å². The third-order valence-electron chi connectivity index (χ3n) is 2.81. The van der Waals surface area contributed by atoms with Gasteiger partial charge < -0.3 is 5.32 Å². The van der Waals surface area contributed by atoms with Gasteiger partial charge in [-0.15, -0.1) is 0 Å². The minimum atomic E-state index is 0.980. The zero-order chi connectivity index (χ0) is 11.8. The molecule has 1 N–H and O–H groups in total. The Kier molecular flexibility index (Phi) is 6.16. The molecule has 0 aromatic carbocycles. The Bertz CT molecular complexity index is 291. The van der Waals surface area contributed by atoms with Crippen LogP contribution in [-0.2, 0) is 6.54 Å². The first-order valence-corrected chi connectivity index (χ1v) is 6.46. The van der Waals surface area contributed by atoms with Gasteiger partial charge in [-0.05, 0) is 32.9 Å². The zero-order valence-corrected chi connectivity index (χ0v) is 10.9. The lowest BCUT2D eigenvalue weighted by Crippen LogP contribution is -2.22. The Morgan fingerprint density at radius 3 is 2.62 bits per heavy atom. The normalized spacial score (nSPS) is 10.9. The summed E-state index contributed by atoms with van der Waals surface area (Å²) in [5.74, 6) is 0. The largest absolute Gasteiger partial charge is 0.315 e. The van der Waals surface area contributed by atoms with E-state index in [-0.39, 0.29) is 0 Å². The van der Waals surface area contributed by atoms with Crippen LogP contribution >= 0.6 is 0 Å². The molecule has 3 nitrogen and oxygen atoms in total. The summed E-state index contributed by atoms with van der Waals surface area (Å²) in [5.41, 5.74) is 2.37. The van der Waals surface area contributed by atoms with Gasteiger partial charge in [0.2, 0.25) is 0 Å². The van der Waals surface area contributed by atoms with Crippen molar-refractivity contribution in [3.05, 3.63) is 17.5 Å². The second-order valence-corrected chi connectivity index (χ2v) is 4.46. The third-order valence-corrected chi connectivity index (χ3v) is 2.81. The van der Waals surface area contributed by atoms with Gasteiger partial charge in [0.05, 0.1) is 12.2 Å². The van der Waals surface area contributed by atoms with E-state index in [9.17, 15) is 0 Å². The Morgan fingerprint density at radius 1 is 1.19 bits per heavy atom. The van der Waals surface area contributed by atoms with Gasteiger partial charge in [0, 0.05) is 12.2 Å². The summed E-state index contributed by atoms with van der Waals surface area (Å²) in [7, 11) is 0. The van der Waals surface area contributed by atoms with E-state index in [2.05, 4.69) is 35.0 Å². The molecular weight excluding hydrogens is 198 g/mol. The summed E-state index contributed by atoms with van der Waals surface area (Å²) in [4.78, 5) is 0. The third kappa shape index (κ3) is 4.79. The fourth-order valence-corrected chi connectivity index (χ4v) is 1.89. The van der Waals surface area contributed by atoms with Crippen molar-refractivity contribution in [2.24, 2.45) is 0 Å². The molecule has 0 atom stereocenters. The standard InChI is InChI=1S/C13H25N3/c1-4-5-6-7-8-14-9-10-16-13(3)11-12(2)15-16/h11,14H,4-10H2,1-3H3. The average Bonchev–Trinajstić information content (AvgIpc) is 2.56. The number of aromatic nitrogens is 2. The van der Waals surface area contributed by atoms with Crippen molar-refractivity contribution < 1.29 is 0 Å². The van der Waals surface area contributed by atoms with Crippen LogP contribution in [0.1, 0.15) is 44.0 Å². The van der Waals surface area contributed by atoms with Gasteiger partial charge in [0.25, 0.3) is 0 Å². The van der Waals surface area contributed by atoms with E-state index < -0.39 is 0 Å². The molecule has 0 aliphatic heterocycles. The molecule has 1 heterocycles. The van der Waals surface area contributed by atoms with Crippen LogP contribution in [0.25, 0.3) is 0 Å². The van der Waals surface area contributed by atoms with Crippen molar-refractivity contribution in [2.75, 3.05) is 13.1 Å². The topological polar surface area (TPSA) is 29.9 Å². The van der Waals surface area contributed by atoms with Gasteiger partial charge in [0.15, 0.2) is 0 Å². The van der Waals surface area contributed by atoms with Crippen LogP contribution in [0, 0.1) is 13.8 Å². The van der Waals surface area contributed by atoms with Crippen LogP contribution in [0.2, 0.25) is 0 Å². The highest BCUT2D eigenvalue weighted by Crippen LogP contribution is 2.00. The molecule has 0 amide bonds. The van der Waals surface area contributed by atoms with E-state index >= 15 is 0 Å². The van der Waals surface area contributed by atoms with Crippen molar-refractivity contribution >= 4 is 0 Å². The summed E-state index contributed by atoms with van der Waals surface area (Å²) >= 11 is 0. The van der Waals surface area contributed by atoms with Gasteiger partial charge >= 0.3 is 0 Å². The Labute approximate surface area is 99.2 Å². The van der Waals surface area contributed by atoms with E-state index in [0.29, 0.717) is 0 Å². The summed E-state index contributed by atoms with van der Waals surface area (Å²) in [6, 6.07) is 2.13. The molecule has 1 rings (SSSR count). The van der Waals surface area contributed by atoms with E-state index in [4.69, 9.17) is 0 Å². The van der Waals surface area contributed by atoms with Crippen LogP contribution < -0.4 is 5.32 Å². The number of rotatable bonds is 8. The lowest BCUT2D eigenvalue weighted by atomic mass is 10.2. The number of hydrogen-bond acceptors (Lipinski definition) is 2. The Balaban J connectivity index is 2.05. The Morgan fingerprint density at radius 2 is 2.00 bits per heavy atom. The molecule has 0 aliphatic carbocycles. The smallest absolute Gasteiger partial charge is 0.0596 e. The van der Waals surface area contributed by atoms with Crippen LogP contribution in [-0.4, -0.2) is 22.9 Å². The molecule has 0 saturated carbocycles. The average molecular weight is 223 g/mol. The minimum absolute atomic E-state index is 0.980. The van der Waals surface area contributed by atoms with E-state index in [1.54, 1.807) is 0 Å². The molecule has 0 aliphatic rings. The number of nitrogens with one attached hydrogen (secondary N) is 1. The molecule has 16 heavy (non-hydrogen) atoms. The molecule has 1 aromatic rings. The van der Waals surface area contributed by atoms with Crippen LogP contribution in [0.5, 0.6) is 0 Å². The number of aryl methyl sites for hydroxylation is 2. The summed E-state index contributed by atoms with van der Waals surface area (Å²) in [6.07, 6.45) is 5.32. The highest BCUT2D eigenvalue weighted by molar-refractivity contribution is 5.06. The predicted octanol–water partition coefficient (Wildman–Crippen LogP) is 2.67. The van der Waals surface area contributed by atoms with Gasteiger partial charge in [0.1, 0.15) is 0 Å².